The van der Waals surface area contributed by atoms with E-state index in [0.717, 1.165) is 21.9 Å². The molecule has 3 aromatic carbocycles. The Morgan fingerprint density at radius 3 is 2.31 bits per heavy atom. The number of para-hydroxylation sites is 2. The van der Waals surface area contributed by atoms with Gasteiger partial charge in [-0.05, 0) is 61.9 Å². The Morgan fingerprint density at radius 2 is 1.64 bits per heavy atom. The first-order valence-electron chi connectivity index (χ1n) is 11.9. The third-order valence-corrected chi connectivity index (χ3v) is 6.91. The molecule has 190 valence electrons. The van der Waals surface area contributed by atoms with E-state index in [0.29, 0.717) is 17.9 Å². The molecule has 1 aliphatic rings. The summed E-state index contributed by atoms with van der Waals surface area (Å²) in [5.74, 6) is -0.743. The number of likely N-dealkylation sites (N-methyl/N-ethyl adjacent to an activating group) is 1. The number of carbonyl (C=O) groups excluding carboxylic acids is 3. The Bertz CT molecular complexity index is 1290. The largest absolute Gasteiger partial charge is 0.341 e. The van der Waals surface area contributed by atoms with E-state index < -0.39 is 18.1 Å². The van der Waals surface area contributed by atoms with Gasteiger partial charge < -0.3 is 20.4 Å². The third kappa shape index (κ3) is 4.94. The van der Waals surface area contributed by atoms with E-state index in [9.17, 15) is 14.4 Å². The second kappa shape index (κ2) is 11.1. The third-order valence-electron chi connectivity index (χ3n) is 6.91. The van der Waals surface area contributed by atoms with Gasteiger partial charge in [-0.3, -0.25) is 14.4 Å². The topological polar surface area (TPSA) is 81.8 Å². The first-order valence-corrected chi connectivity index (χ1v) is 11.9. The van der Waals surface area contributed by atoms with Gasteiger partial charge in [-0.15, -0.1) is 12.4 Å². The van der Waals surface area contributed by atoms with Gasteiger partial charge in [0.05, 0.1) is 30.0 Å². The molecule has 0 saturated heterocycles. The van der Waals surface area contributed by atoms with E-state index in [2.05, 4.69) is 34.9 Å². The lowest BCUT2D eigenvalue weighted by Gasteiger charge is -2.32. The average Bonchev–Trinajstić information content (AvgIpc) is 2.93. The van der Waals surface area contributed by atoms with Crippen molar-refractivity contribution in [1.29, 1.82) is 0 Å². The zero-order valence-corrected chi connectivity index (χ0v) is 22.1. The first kappa shape index (κ1) is 27.2. The number of amides is 3. The molecule has 0 radical (unpaired) electrons. The lowest BCUT2D eigenvalue weighted by molar-refractivity contribution is -0.129. The average molecular weight is 509 g/mol. The highest BCUT2D eigenvalue weighted by atomic mass is 35.5. The quantitative estimate of drug-likeness (QED) is 0.546. The maximum Gasteiger partial charge on any atom is 0.252 e. The molecule has 0 aliphatic carbocycles. The molecular weight excluding hydrogens is 476 g/mol. The van der Waals surface area contributed by atoms with Crippen LogP contribution < -0.4 is 20.4 Å². The Kier molecular flexibility index (Phi) is 8.38. The lowest BCUT2D eigenvalue weighted by atomic mass is 9.98. The second-order valence-corrected chi connectivity index (χ2v) is 9.12. The molecule has 1 heterocycles. The van der Waals surface area contributed by atoms with Crippen molar-refractivity contribution in [3.05, 3.63) is 71.8 Å². The summed E-state index contributed by atoms with van der Waals surface area (Å²) in [6.07, 6.45) is 0. The predicted octanol–water partition coefficient (Wildman–Crippen LogP) is 3.95. The number of fused-ring (bicyclic) bond motifs is 2. The molecule has 0 aromatic heterocycles. The number of hydrogen-bond donors (Lipinski definition) is 2. The molecular formula is C28H33ClN4O3. The van der Waals surface area contributed by atoms with Crippen molar-refractivity contribution in [2.24, 2.45) is 0 Å². The van der Waals surface area contributed by atoms with E-state index in [1.54, 1.807) is 30.7 Å². The molecule has 3 atom stereocenters. The van der Waals surface area contributed by atoms with Crippen molar-refractivity contribution >= 4 is 52.3 Å². The van der Waals surface area contributed by atoms with Crippen LogP contribution in [0.1, 0.15) is 31.9 Å². The molecule has 1 unspecified atom stereocenters. The number of anilines is 2. The van der Waals surface area contributed by atoms with Crippen LogP contribution in [0.15, 0.2) is 60.7 Å². The second-order valence-electron chi connectivity index (χ2n) is 9.12. The van der Waals surface area contributed by atoms with Crippen molar-refractivity contribution in [2.45, 2.75) is 52.4 Å². The maximum atomic E-state index is 14.1. The smallest absolute Gasteiger partial charge is 0.252 e. The fourth-order valence-corrected chi connectivity index (χ4v) is 4.78. The number of carbonyl (C=O) groups is 3. The standard InChI is InChI=1S/C28H32N4O3.ClH/c1-17-14-15-21-10-6-7-11-22(21)23(17)16-31-24-12-8-9-13-25(24)32(20(4)33)19(3)26(28(31)35)30-27(34)18(2)29-5;/h6-15,18-19,26,29H,16H2,1-5H3,(H,30,34);1H/t18?,19-,26-;/m0./s1. The Morgan fingerprint density at radius 1 is 1.00 bits per heavy atom. The van der Waals surface area contributed by atoms with Crippen molar-refractivity contribution in [1.82, 2.24) is 10.6 Å². The molecule has 36 heavy (non-hydrogen) atoms. The van der Waals surface area contributed by atoms with Crippen LogP contribution in [0.4, 0.5) is 11.4 Å². The van der Waals surface area contributed by atoms with E-state index in [-0.39, 0.29) is 30.1 Å². The molecule has 0 bridgehead atoms. The normalized spacial score (nSPS) is 18.2. The zero-order chi connectivity index (χ0) is 25.3. The van der Waals surface area contributed by atoms with Gasteiger partial charge in [-0.2, -0.15) is 0 Å². The Labute approximate surface area is 218 Å². The minimum absolute atomic E-state index is 0. The molecule has 0 spiro atoms. The predicted molar refractivity (Wildman–Crippen MR) is 147 cm³/mol. The van der Waals surface area contributed by atoms with Crippen molar-refractivity contribution in [3.63, 3.8) is 0 Å². The van der Waals surface area contributed by atoms with Gasteiger partial charge in [-0.25, -0.2) is 0 Å². The molecule has 3 amide bonds. The minimum Gasteiger partial charge on any atom is -0.341 e. The monoisotopic (exact) mass is 508 g/mol. The number of nitrogens with one attached hydrogen (secondary N) is 2. The van der Waals surface area contributed by atoms with Crippen LogP contribution in [0.5, 0.6) is 0 Å². The molecule has 2 N–H and O–H groups in total. The Hall–Kier alpha value is -3.42. The van der Waals surface area contributed by atoms with E-state index in [1.807, 2.05) is 43.3 Å². The molecule has 1 aliphatic heterocycles. The zero-order valence-electron chi connectivity index (χ0n) is 21.2. The Balaban J connectivity index is 0.00000361. The number of aryl methyl sites for hydroxylation is 1. The number of rotatable bonds is 5. The summed E-state index contributed by atoms with van der Waals surface area (Å²) in [6.45, 7) is 7.37. The van der Waals surface area contributed by atoms with E-state index >= 15 is 0 Å². The molecule has 0 saturated carbocycles. The minimum atomic E-state index is -0.912. The molecule has 0 fully saturated rings. The van der Waals surface area contributed by atoms with Crippen LogP contribution in [0, 0.1) is 6.92 Å². The summed E-state index contributed by atoms with van der Waals surface area (Å²) in [4.78, 5) is 43.1. The van der Waals surface area contributed by atoms with Gasteiger partial charge in [0.1, 0.15) is 6.04 Å². The van der Waals surface area contributed by atoms with Crippen LogP contribution in [-0.4, -0.2) is 42.9 Å². The summed E-state index contributed by atoms with van der Waals surface area (Å²) in [5.41, 5.74) is 3.39. The maximum absolute atomic E-state index is 14.1. The number of hydrogen-bond acceptors (Lipinski definition) is 4. The summed E-state index contributed by atoms with van der Waals surface area (Å²) in [5, 5.41) is 7.99. The molecule has 3 aromatic rings. The SMILES string of the molecule is CNC(C)C(=O)N[C@@H]1C(=O)N(Cc2c(C)ccc3ccccc23)c2ccccc2N(C(C)=O)[C@H]1C.Cl. The van der Waals surface area contributed by atoms with Crippen LogP contribution in [-0.2, 0) is 20.9 Å². The molecule has 7 nitrogen and oxygen atoms in total. The molecule has 4 rings (SSSR count). The van der Waals surface area contributed by atoms with Gasteiger partial charge in [0, 0.05) is 6.92 Å². The van der Waals surface area contributed by atoms with Crippen LogP contribution in [0.25, 0.3) is 10.8 Å². The van der Waals surface area contributed by atoms with Crippen molar-refractivity contribution in [2.75, 3.05) is 16.8 Å². The number of halogens is 1. The van der Waals surface area contributed by atoms with Crippen molar-refractivity contribution < 1.29 is 14.4 Å². The summed E-state index contributed by atoms with van der Waals surface area (Å²) >= 11 is 0. The van der Waals surface area contributed by atoms with E-state index in [4.69, 9.17) is 0 Å². The number of nitrogens with zero attached hydrogens (tertiary/aromatic N) is 2. The summed E-state index contributed by atoms with van der Waals surface area (Å²) in [7, 11) is 1.69. The van der Waals surface area contributed by atoms with Gasteiger partial charge in [0.25, 0.3) is 5.91 Å². The fraction of sp³-hybridized carbons (Fsp3) is 0.321. The van der Waals surface area contributed by atoms with Crippen LogP contribution >= 0.6 is 12.4 Å². The summed E-state index contributed by atoms with van der Waals surface area (Å²) in [6, 6.07) is 17.7. The lowest BCUT2D eigenvalue weighted by Crippen LogP contribution is -2.59. The van der Waals surface area contributed by atoms with Crippen molar-refractivity contribution in [3.8, 4) is 0 Å². The van der Waals surface area contributed by atoms with Gasteiger partial charge in [-0.1, -0.05) is 48.5 Å². The fourth-order valence-electron chi connectivity index (χ4n) is 4.78. The van der Waals surface area contributed by atoms with Crippen LogP contribution in [0.2, 0.25) is 0 Å². The van der Waals surface area contributed by atoms with Gasteiger partial charge >= 0.3 is 0 Å². The number of benzene rings is 3. The highest BCUT2D eigenvalue weighted by molar-refractivity contribution is 6.08. The van der Waals surface area contributed by atoms with Gasteiger partial charge in [0.15, 0.2) is 0 Å². The summed E-state index contributed by atoms with van der Waals surface area (Å²) < 4.78 is 0. The highest BCUT2D eigenvalue weighted by Crippen LogP contribution is 2.37. The van der Waals surface area contributed by atoms with Gasteiger partial charge in [0.2, 0.25) is 11.8 Å². The first-order chi connectivity index (χ1) is 16.7. The van der Waals surface area contributed by atoms with Crippen LogP contribution in [0.3, 0.4) is 0 Å². The molecule has 8 heteroatoms. The highest BCUT2D eigenvalue weighted by Gasteiger charge is 2.41. The van der Waals surface area contributed by atoms with E-state index in [1.165, 1.54) is 6.92 Å².